The first-order valence-corrected chi connectivity index (χ1v) is 4.67. The summed E-state index contributed by atoms with van der Waals surface area (Å²) in [5.41, 5.74) is 8.57. The first-order chi connectivity index (χ1) is 6.05. The Morgan fingerprint density at radius 2 is 2.15 bits per heavy atom. The average molecular weight is 183 g/mol. The monoisotopic (exact) mass is 183 g/mol. The second-order valence-corrected chi connectivity index (χ2v) is 4.61. The van der Waals surface area contributed by atoms with Gasteiger partial charge in [0.05, 0.1) is 6.61 Å². The van der Waals surface area contributed by atoms with E-state index in [4.69, 9.17) is 10.3 Å². The molecular weight excluding hydrogens is 166 g/mol. The van der Waals surface area contributed by atoms with Gasteiger partial charge in [0.15, 0.2) is 0 Å². The fourth-order valence-corrected chi connectivity index (χ4v) is 1.76. The Morgan fingerprint density at radius 3 is 2.69 bits per heavy atom. The van der Waals surface area contributed by atoms with Crippen LogP contribution in [0.3, 0.4) is 0 Å². The molecule has 13 heavy (non-hydrogen) atoms. The molecular formula is C9H17N3O. The van der Waals surface area contributed by atoms with Crippen molar-refractivity contribution >= 4 is 0 Å². The van der Waals surface area contributed by atoms with Gasteiger partial charge < -0.3 is 4.74 Å². The second-order valence-electron chi connectivity index (χ2n) is 4.61. The summed E-state index contributed by atoms with van der Waals surface area (Å²) in [6.07, 6.45) is 0.853. The van der Waals surface area contributed by atoms with E-state index in [-0.39, 0.29) is 11.5 Å². The lowest BCUT2D eigenvalue weighted by atomic mass is 9.75. The van der Waals surface area contributed by atoms with Crippen molar-refractivity contribution in [1.29, 1.82) is 0 Å². The lowest BCUT2D eigenvalue weighted by Crippen LogP contribution is -2.39. The highest BCUT2D eigenvalue weighted by Gasteiger charge is 2.34. The highest BCUT2D eigenvalue weighted by molar-refractivity contribution is 4.87. The molecule has 74 valence electrons. The predicted octanol–water partition coefficient (Wildman–Crippen LogP) is 2.75. The summed E-state index contributed by atoms with van der Waals surface area (Å²) < 4.78 is 5.40. The lowest BCUT2D eigenvalue weighted by molar-refractivity contribution is -0.00298. The summed E-state index contributed by atoms with van der Waals surface area (Å²) in [4.78, 5) is 2.89. The third-order valence-corrected chi connectivity index (χ3v) is 2.63. The van der Waals surface area contributed by atoms with Gasteiger partial charge in [-0.2, -0.15) is 0 Å². The van der Waals surface area contributed by atoms with Gasteiger partial charge >= 0.3 is 0 Å². The lowest BCUT2D eigenvalue weighted by Gasteiger charge is -2.37. The minimum Gasteiger partial charge on any atom is -0.381 e. The fraction of sp³-hybridized carbons (Fsp3) is 1.00. The molecule has 1 saturated heterocycles. The zero-order chi connectivity index (χ0) is 9.90. The van der Waals surface area contributed by atoms with Crippen LogP contribution in [0, 0.1) is 11.3 Å². The van der Waals surface area contributed by atoms with Crippen molar-refractivity contribution < 1.29 is 4.74 Å². The highest BCUT2D eigenvalue weighted by Crippen LogP contribution is 2.34. The first kappa shape index (κ1) is 10.4. The van der Waals surface area contributed by atoms with Crippen LogP contribution >= 0.6 is 0 Å². The molecule has 0 amide bonds. The molecule has 4 heteroatoms. The molecule has 0 N–H and O–H groups in total. The maximum absolute atomic E-state index is 8.42. The Hall–Kier alpha value is -0.730. The van der Waals surface area contributed by atoms with Crippen molar-refractivity contribution in [3.8, 4) is 0 Å². The van der Waals surface area contributed by atoms with Crippen LogP contribution in [0.5, 0.6) is 0 Å². The van der Waals surface area contributed by atoms with Gasteiger partial charge in [-0.1, -0.05) is 25.9 Å². The fourth-order valence-electron chi connectivity index (χ4n) is 1.76. The number of ether oxygens (including phenoxy) is 1. The molecule has 0 aromatic rings. The number of hydrogen-bond acceptors (Lipinski definition) is 2. The predicted molar refractivity (Wildman–Crippen MR) is 51.3 cm³/mol. The van der Waals surface area contributed by atoms with Gasteiger partial charge in [-0.3, -0.25) is 0 Å². The van der Waals surface area contributed by atoms with E-state index in [2.05, 4.69) is 30.8 Å². The summed E-state index contributed by atoms with van der Waals surface area (Å²) in [5, 5.41) is 3.83. The SMILES string of the molecule is CC(C)(C)C1COCC[C@@H]1N=[N+]=[N-]. The normalized spacial score (nSPS) is 29.5. The molecule has 1 fully saturated rings. The second kappa shape index (κ2) is 3.99. The van der Waals surface area contributed by atoms with Gasteiger partial charge in [-0.05, 0) is 23.3 Å². The van der Waals surface area contributed by atoms with Crippen LogP contribution in [0.1, 0.15) is 27.2 Å². The van der Waals surface area contributed by atoms with Crippen LogP contribution in [-0.4, -0.2) is 19.3 Å². The van der Waals surface area contributed by atoms with Crippen molar-refractivity contribution in [1.82, 2.24) is 0 Å². The molecule has 1 rings (SSSR count). The van der Waals surface area contributed by atoms with Crippen molar-refractivity contribution in [2.45, 2.75) is 33.2 Å². The maximum atomic E-state index is 8.42. The number of azide groups is 1. The van der Waals surface area contributed by atoms with Crippen molar-refractivity contribution in [2.24, 2.45) is 16.4 Å². The molecule has 4 nitrogen and oxygen atoms in total. The third-order valence-electron chi connectivity index (χ3n) is 2.63. The Morgan fingerprint density at radius 1 is 1.46 bits per heavy atom. The minimum absolute atomic E-state index is 0.110. The maximum Gasteiger partial charge on any atom is 0.0503 e. The first-order valence-electron chi connectivity index (χ1n) is 4.67. The Balaban J connectivity index is 2.73. The van der Waals surface area contributed by atoms with E-state index in [0.717, 1.165) is 13.0 Å². The largest absolute Gasteiger partial charge is 0.381 e. The quantitative estimate of drug-likeness (QED) is 0.350. The van der Waals surface area contributed by atoms with E-state index in [0.29, 0.717) is 12.5 Å². The number of hydrogen-bond donors (Lipinski definition) is 0. The van der Waals surface area contributed by atoms with Crippen LogP contribution in [-0.2, 0) is 4.74 Å². The smallest absolute Gasteiger partial charge is 0.0503 e. The molecule has 0 radical (unpaired) electrons. The van der Waals surface area contributed by atoms with Gasteiger partial charge in [0.2, 0.25) is 0 Å². The molecule has 0 aliphatic carbocycles. The van der Waals surface area contributed by atoms with Gasteiger partial charge in [0.25, 0.3) is 0 Å². The Labute approximate surface area is 78.9 Å². The van der Waals surface area contributed by atoms with Crippen molar-refractivity contribution in [3.05, 3.63) is 10.4 Å². The van der Waals surface area contributed by atoms with Gasteiger partial charge in [0, 0.05) is 17.6 Å². The van der Waals surface area contributed by atoms with Crippen LogP contribution < -0.4 is 0 Å². The van der Waals surface area contributed by atoms with Crippen molar-refractivity contribution in [2.75, 3.05) is 13.2 Å². The van der Waals surface area contributed by atoms with Crippen LogP contribution in [0.4, 0.5) is 0 Å². The topological polar surface area (TPSA) is 58.0 Å². The molecule has 0 bridgehead atoms. The van der Waals surface area contributed by atoms with Crippen molar-refractivity contribution in [3.63, 3.8) is 0 Å². The van der Waals surface area contributed by atoms with Gasteiger partial charge in [0.1, 0.15) is 0 Å². The van der Waals surface area contributed by atoms with Crippen LogP contribution in [0.15, 0.2) is 5.11 Å². The summed E-state index contributed by atoms with van der Waals surface area (Å²) >= 11 is 0. The zero-order valence-electron chi connectivity index (χ0n) is 8.53. The minimum atomic E-state index is 0.110. The molecule has 0 saturated carbocycles. The number of rotatable bonds is 1. The summed E-state index contributed by atoms with van der Waals surface area (Å²) in [7, 11) is 0. The molecule has 0 aromatic carbocycles. The molecule has 0 aromatic heterocycles. The van der Waals surface area contributed by atoms with E-state index in [1.165, 1.54) is 0 Å². The molecule has 1 aliphatic rings. The zero-order valence-corrected chi connectivity index (χ0v) is 8.53. The van der Waals surface area contributed by atoms with E-state index in [9.17, 15) is 0 Å². The highest BCUT2D eigenvalue weighted by atomic mass is 16.5. The molecule has 1 aliphatic heterocycles. The van der Waals surface area contributed by atoms with Crippen LogP contribution in [0.2, 0.25) is 0 Å². The molecule has 1 heterocycles. The Bertz CT molecular complexity index is 215. The van der Waals surface area contributed by atoms with Crippen LogP contribution in [0.25, 0.3) is 10.4 Å². The molecule has 1 unspecified atom stereocenters. The van der Waals surface area contributed by atoms with E-state index in [1.807, 2.05) is 0 Å². The molecule has 2 atom stereocenters. The third kappa shape index (κ3) is 2.61. The van der Waals surface area contributed by atoms with E-state index >= 15 is 0 Å². The molecule has 0 spiro atoms. The standard InChI is InChI=1S/C9H17N3O/c1-9(2,3)7-6-13-5-4-8(7)11-12-10/h7-8H,4-6H2,1-3H3/t7?,8-/m0/s1. The summed E-state index contributed by atoms with van der Waals surface area (Å²) in [6, 6.07) is 0.110. The number of nitrogens with zero attached hydrogens (tertiary/aromatic N) is 3. The van der Waals surface area contributed by atoms with E-state index in [1.54, 1.807) is 0 Å². The average Bonchev–Trinajstić information content (AvgIpc) is 2.04. The van der Waals surface area contributed by atoms with Gasteiger partial charge in [-0.15, -0.1) is 0 Å². The van der Waals surface area contributed by atoms with Gasteiger partial charge in [-0.25, -0.2) is 0 Å². The summed E-state index contributed by atoms with van der Waals surface area (Å²) in [6.45, 7) is 7.91. The Kier molecular flexibility index (Phi) is 3.17. The summed E-state index contributed by atoms with van der Waals surface area (Å²) in [5.74, 6) is 0.345. The van der Waals surface area contributed by atoms with E-state index < -0.39 is 0 Å².